The van der Waals surface area contributed by atoms with Crippen molar-refractivity contribution in [3.63, 3.8) is 0 Å². The summed E-state index contributed by atoms with van der Waals surface area (Å²) in [4.78, 5) is 2.95. The Bertz CT molecular complexity index is 445. The molecule has 0 saturated heterocycles. The molecule has 0 aliphatic heterocycles. The summed E-state index contributed by atoms with van der Waals surface area (Å²) >= 11 is 6.02. The van der Waals surface area contributed by atoms with Crippen molar-refractivity contribution in [3.05, 3.63) is 35.1 Å². The van der Waals surface area contributed by atoms with E-state index in [0.717, 1.165) is 36.8 Å². The fourth-order valence-electron chi connectivity index (χ4n) is 2.89. The molecule has 1 nitrogen and oxygen atoms in total. The molecule has 1 fully saturated rings. The molecule has 0 spiro atoms. The molecule has 1 saturated carbocycles. The van der Waals surface area contributed by atoms with Crippen molar-refractivity contribution >= 4 is 11.8 Å². The molecule has 0 unspecified atom stereocenters. The van der Waals surface area contributed by atoms with Crippen LogP contribution in [0.4, 0.5) is 4.39 Å². The first kappa shape index (κ1) is 14.8. The summed E-state index contributed by atoms with van der Waals surface area (Å²) in [6.07, 6.45) is 5.47. The van der Waals surface area contributed by atoms with Gasteiger partial charge in [-0.25, -0.2) is 9.23 Å². The second-order valence-corrected chi connectivity index (χ2v) is 6.90. The second-order valence-electron chi connectivity index (χ2n) is 6.72. The highest BCUT2D eigenvalue weighted by Crippen LogP contribution is 2.39. The topological polar surface area (TPSA) is 12.0 Å². The van der Waals surface area contributed by atoms with Crippen molar-refractivity contribution in [3.8, 4) is 0 Å². The van der Waals surface area contributed by atoms with Gasteiger partial charge in [-0.2, -0.15) is 0 Å². The number of halogens is 2. The van der Waals surface area contributed by atoms with E-state index < -0.39 is 0 Å². The predicted octanol–water partition coefficient (Wildman–Crippen LogP) is 5.03. The molecule has 1 aromatic rings. The molecule has 1 N–H and O–H groups in total. The summed E-state index contributed by atoms with van der Waals surface area (Å²) in [6.45, 7) is 6.31. The van der Waals surface area contributed by atoms with E-state index in [2.05, 4.69) is 31.7 Å². The monoisotopic (exact) mass is 283 g/mol. The first-order valence-electron chi connectivity index (χ1n) is 7.07. The van der Waals surface area contributed by atoms with Gasteiger partial charge in [0.15, 0.2) is 0 Å². The van der Waals surface area contributed by atoms with Crippen molar-refractivity contribution in [2.24, 2.45) is 0 Å². The molecule has 1 aliphatic carbocycles. The van der Waals surface area contributed by atoms with E-state index in [1.54, 1.807) is 12.1 Å². The van der Waals surface area contributed by atoms with Crippen LogP contribution < -0.4 is 4.84 Å². The minimum Gasteiger partial charge on any atom is -0.223 e. The van der Waals surface area contributed by atoms with Crippen molar-refractivity contribution in [1.29, 1.82) is 0 Å². The first-order chi connectivity index (χ1) is 8.87. The summed E-state index contributed by atoms with van der Waals surface area (Å²) in [5.41, 5.74) is 1.70. The van der Waals surface area contributed by atoms with E-state index >= 15 is 0 Å². The van der Waals surface area contributed by atoms with Gasteiger partial charge >= 0.3 is 0 Å². The first-order valence-corrected chi connectivity index (χ1v) is 7.45. The molecular weight excluding hydrogens is 261 g/mol. The van der Waals surface area contributed by atoms with E-state index in [9.17, 15) is 4.39 Å². The highest BCUT2D eigenvalue weighted by atomic mass is 35.5. The summed E-state index contributed by atoms with van der Waals surface area (Å²) in [7, 11) is 0. The average Bonchev–Trinajstić information content (AvgIpc) is 2.38. The van der Waals surface area contributed by atoms with Gasteiger partial charge < -0.3 is 0 Å². The molecule has 0 heterocycles. The molecule has 0 atom stereocenters. The third-order valence-electron chi connectivity index (χ3n) is 4.20. The van der Waals surface area contributed by atoms with Gasteiger partial charge in [0.25, 0.3) is 0 Å². The fourth-order valence-corrected chi connectivity index (χ4v) is 3.19. The number of hydrogen-bond donors (Lipinski definition) is 1. The van der Waals surface area contributed by atoms with Crippen LogP contribution in [-0.4, -0.2) is 0 Å². The molecule has 0 amide bonds. The van der Waals surface area contributed by atoms with E-state index in [0.29, 0.717) is 0 Å². The fraction of sp³-hybridized carbons (Fsp3) is 0.625. The number of rotatable bonds is 2. The minimum atomic E-state index is -0.262. The Kier molecular flexibility index (Phi) is 4.22. The van der Waals surface area contributed by atoms with Crippen LogP contribution in [0.15, 0.2) is 18.2 Å². The Morgan fingerprint density at radius 1 is 1.11 bits per heavy atom. The SMILES string of the molecule is CC(C)(C)c1cc(F)cc(C2(NCl)CCCCC2)c1. The maximum atomic E-state index is 13.9. The van der Waals surface area contributed by atoms with Gasteiger partial charge in [-0.1, -0.05) is 46.1 Å². The summed E-state index contributed by atoms with van der Waals surface area (Å²) in [5, 5.41) is 0. The quantitative estimate of drug-likeness (QED) is 0.751. The third kappa shape index (κ3) is 3.11. The highest BCUT2D eigenvalue weighted by Gasteiger charge is 2.34. The number of benzene rings is 1. The molecule has 0 bridgehead atoms. The van der Waals surface area contributed by atoms with Crippen molar-refractivity contribution in [2.75, 3.05) is 0 Å². The van der Waals surface area contributed by atoms with Gasteiger partial charge in [-0.05, 0) is 53.3 Å². The van der Waals surface area contributed by atoms with Crippen LogP contribution in [0, 0.1) is 5.82 Å². The van der Waals surface area contributed by atoms with Crippen molar-refractivity contribution in [1.82, 2.24) is 4.84 Å². The summed E-state index contributed by atoms with van der Waals surface area (Å²) in [6, 6.07) is 5.38. The van der Waals surface area contributed by atoms with E-state index in [-0.39, 0.29) is 16.8 Å². The van der Waals surface area contributed by atoms with Crippen molar-refractivity contribution in [2.45, 2.75) is 63.8 Å². The van der Waals surface area contributed by atoms with Crippen LogP contribution in [0.25, 0.3) is 0 Å². The lowest BCUT2D eigenvalue weighted by molar-refractivity contribution is 0.276. The van der Waals surface area contributed by atoms with Gasteiger partial charge in [0.2, 0.25) is 0 Å². The number of hydrogen-bond acceptors (Lipinski definition) is 1. The number of nitrogens with one attached hydrogen (secondary N) is 1. The maximum absolute atomic E-state index is 13.9. The third-order valence-corrected chi connectivity index (χ3v) is 4.57. The Hall–Kier alpha value is -0.600. The molecule has 106 valence electrons. The van der Waals surface area contributed by atoms with E-state index in [4.69, 9.17) is 11.8 Å². The van der Waals surface area contributed by atoms with Crippen LogP contribution in [0.2, 0.25) is 0 Å². The molecule has 0 aromatic heterocycles. The van der Waals surface area contributed by atoms with Crippen LogP contribution in [-0.2, 0) is 11.0 Å². The largest absolute Gasteiger partial charge is 0.223 e. The van der Waals surface area contributed by atoms with Crippen LogP contribution in [0.1, 0.15) is 64.0 Å². The Labute approximate surface area is 120 Å². The Morgan fingerprint density at radius 3 is 2.26 bits per heavy atom. The van der Waals surface area contributed by atoms with E-state index in [1.807, 2.05) is 0 Å². The predicted molar refractivity (Wildman–Crippen MR) is 78.9 cm³/mol. The lowest BCUT2D eigenvalue weighted by Crippen LogP contribution is -2.39. The molecular formula is C16H23ClFN. The van der Waals surface area contributed by atoms with Gasteiger partial charge in [0.05, 0.1) is 5.54 Å². The molecule has 1 aliphatic rings. The molecule has 0 radical (unpaired) electrons. The minimum absolute atomic E-state index is 0.0565. The van der Waals surface area contributed by atoms with Gasteiger partial charge in [-0.15, -0.1) is 0 Å². The van der Waals surface area contributed by atoms with Gasteiger partial charge in [0.1, 0.15) is 5.82 Å². The van der Waals surface area contributed by atoms with Crippen LogP contribution in [0.3, 0.4) is 0 Å². The van der Waals surface area contributed by atoms with Crippen LogP contribution >= 0.6 is 11.8 Å². The zero-order chi connectivity index (χ0) is 14.1. The Morgan fingerprint density at radius 2 is 1.74 bits per heavy atom. The summed E-state index contributed by atoms with van der Waals surface area (Å²) < 4.78 is 13.9. The van der Waals surface area contributed by atoms with Gasteiger partial charge in [0, 0.05) is 0 Å². The molecule has 1 aromatic carbocycles. The average molecular weight is 284 g/mol. The van der Waals surface area contributed by atoms with Crippen molar-refractivity contribution < 1.29 is 4.39 Å². The smallest absolute Gasteiger partial charge is 0.123 e. The standard InChI is InChI=1S/C16H23ClFN/c1-15(2,3)12-9-13(11-14(18)10-12)16(19-17)7-5-4-6-8-16/h9-11,19H,4-8H2,1-3H3. The zero-order valence-electron chi connectivity index (χ0n) is 12.0. The zero-order valence-corrected chi connectivity index (χ0v) is 12.8. The molecule has 19 heavy (non-hydrogen) atoms. The molecule has 2 rings (SSSR count). The normalized spacial score (nSPS) is 19.4. The molecule has 3 heteroatoms. The lowest BCUT2D eigenvalue weighted by atomic mass is 9.75. The van der Waals surface area contributed by atoms with E-state index in [1.165, 1.54) is 6.42 Å². The lowest BCUT2D eigenvalue weighted by Gasteiger charge is -2.37. The summed E-state index contributed by atoms with van der Waals surface area (Å²) in [5.74, 6) is -0.167. The van der Waals surface area contributed by atoms with Gasteiger partial charge in [-0.3, -0.25) is 0 Å². The maximum Gasteiger partial charge on any atom is 0.123 e. The second kappa shape index (κ2) is 5.41. The Balaban J connectivity index is 2.46. The van der Waals surface area contributed by atoms with Crippen LogP contribution in [0.5, 0.6) is 0 Å². The highest BCUT2D eigenvalue weighted by molar-refractivity contribution is 6.13.